The van der Waals surface area contributed by atoms with Crippen molar-refractivity contribution in [3.05, 3.63) is 60.2 Å². The van der Waals surface area contributed by atoms with Gasteiger partial charge in [0.25, 0.3) is 0 Å². The van der Waals surface area contributed by atoms with Crippen molar-refractivity contribution in [2.24, 2.45) is 0 Å². The van der Waals surface area contributed by atoms with E-state index in [4.69, 9.17) is 19.3 Å². The smallest absolute Gasteiger partial charge is 0.596 e. The molecule has 0 aromatic heterocycles. The maximum Gasteiger partial charge on any atom is 0.614 e. The number of rotatable bonds is 6. The second kappa shape index (κ2) is 7.02. The molecule has 2 fully saturated rings. The van der Waals surface area contributed by atoms with Crippen LogP contribution in [0, 0.1) is 11.3 Å². The molecule has 0 spiro atoms. The van der Waals surface area contributed by atoms with Crippen molar-refractivity contribution in [3.63, 3.8) is 0 Å². The zero-order valence-electron chi connectivity index (χ0n) is 15.2. The molecule has 2 heterocycles. The van der Waals surface area contributed by atoms with E-state index in [9.17, 15) is 9.59 Å². The Morgan fingerprint density at radius 2 is 1.64 bits per heavy atom. The van der Waals surface area contributed by atoms with Crippen LogP contribution in [0.3, 0.4) is 0 Å². The molecule has 2 saturated heterocycles. The summed E-state index contributed by atoms with van der Waals surface area (Å²) in [6, 6.07) is 18.3. The Balaban J connectivity index is 1.52. The molecule has 2 aliphatic rings. The highest BCUT2D eigenvalue weighted by molar-refractivity contribution is 6.79. The van der Waals surface area contributed by atoms with Crippen molar-refractivity contribution in [2.45, 2.75) is 6.42 Å². The van der Waals surface area contributed by atoms with Crippen molar-refractivity contribution < 1.29 is 28.0 Å². The number of benzene rings is 2. The number of quaternary nitrogens is 1. The van der Waals surface area contributed by atoms with E-state index in [1.165, 1.54) is 0 Å². The Hall–Kier alpha value is -3.31. The standard InChI is InChI=1S/C20H19BN2O5/c22-13-16-7-4-5-10-18(16)26-12-6-11-23-14-19(24)27-21(23,28-20(25)15-23)17-8-2-1-3-9-17/h1-5,7-10H,6,11-12,14-15H2. The van der Waals surface area contributed by atoms with Gasteiger partial charge in [-0.05, 0) is 12.1 Å². The maximum atomic E-state index is 12.2. The van der Waals surface area contributed by atoms with Gasteiger partial charge in [-0.1, -0.05) is 47.9 Å². The summed E-state index contributed by atoms with van der Waals surface area (Å²) in [6.45, 7) is -1.24. The number of nitriles is 1. The van der Waals surface area contributed by atoms with Gasteiger partial charge in [0.1, 0.15) is 24.9 Å². The molecule has 4 rings (SSSR count). The lowest BCUT2D eigenvalue weighted by atomic mass is 9.60. The van der Waals surface area contributed by atoms with Crippen LogP contribution in [0.1, 0.15) is 12.0 Å². The SMILES string of the molecule is N#Cc1ccccc1OCCC[N+]12CC(=O)O[B-]1(c1ccccc1)OC(=O)C2. The minimum Gasteiger partial charge on any atom is -0.596 e. The molecule has 0 N–H and O–H groups in total. The average molecular weight is 378 g/mol. The van der Waals surface area contributed by atoms with Gasteiger partial charge in [-0.3, -0.25) is 9.59 Å². The quantitative estimate of drug-likeness (QED) is 0.553. The van der Waals surface area contributed by atoms with E-state index in [2.05, 4.69) is 6.07 Å². The average Bonchev–Trinajstić information content (AvgIpc) is 3.12. The summed E-state index contributed by atoms with van der Waals surface area (Å²) in [6.07, 6.45) is 0.573. The molecule has 2 aromatic rings. The van der Waals surface area contributed by atoms with E-state index in [0.717, 1.165) is 0 Å². The molecule has 0 saturated carbocycles. The van der Waals surface area contributed by atoms with Crippen LogP contribution in [0.4, 0.5) is 0 Å². The number of nitrogens with zero attached hydrogens (tertiary/aromatic N) is 2. The topological polar surface area (TPSA) is 85.6 Å². The van der Waals surface area contributed by atoms with E-state index in [1.807, 2.05) is 30.3 Å². The highest BCUT2D eigenvalue weighted by Gasteiger charge is 2.67. The van der Waals surface area contributed by atoms with Gasteiger partial charge < -0.3 is 18.4 Å². The lowest BCUT2D eigenvalue weighted by Crippen LogP contribution is -2.69. The summed E-state index contributed by atoms with van der Waals surface area (Å²) < 4.78 is 17.2. The van der Waals surface area contributed by atoms with Crippen molar-refractivity contribution in [1.29, 1.82) is 5.26 Å². The third-order valence-corrected chi connectivity index (χ3v) is 5.43. The Morgan fingerprint density at radius 3 is 2.32 bits per heavy atom. The first-order chi connectivity index (χ1) is 13.6. The zero-order chi connectivity index (χ0) is 19.6. The zero-order valence-corrected chi connectivity index (χ0v) is 15.2. The highest BCUT2D eigenvalue weighted by atomic mass is 16.7. The van der Waals surface area contributed by atoms with Crippen molar-refractivity contribution in [1.82, 2.24) is 0 Å². The lowest BCUT2D eigenvalue weighted by molar-refractivity contribution is -0.813. The van der Waals surface area contributed by atoms with Gasteiger partial charge in [0, 0.05) is 13.0 Å². The number of ether oxygens (including phenoxy) is 1. The normalized spacial score (nSPS) is 25.5. The van der Waals surface area contributed by atoms with Crippen LogP contribution >= 0.6 is 0 Å². The molecular weight excluding hydrogens is 359 g/mol. The fourth-order valence-electron chi connectivity index (χ4n) is 4.21. The molecule has 2 aliphatic heterocycles. The van der Waals surface area contributed by atoms with Crippen molar-refractivity contribution in [2.75, 3.05) is 26.2 Å². The lowest BCUT2D eigenvalue weighted by Gasteiger charge is -2.43. The second-order valence-corrected chi connectivity index (χ2v) is 7.13. The molecule has 142 valence electrons. The Morgan fingerprint density at radius 1 is 1.00 bits per heavy atom. The van der Waals surface area contributed by atoms with Gasteiger partial charge in [-0.2, -0.15) is 5.26 Å². The highest BCUT2D eigenvalue weighted by Crippen LogP contribution is 2.35. The number of carbonyl (C=O) groups excluding carboxylic acids is 2. The van der Waals surface area contributed by atoms with Crippen LogP contribution in [0.5, 0.6) is 5.75 Å². The van der Waals surface area contributed by atoms with Crippen LogP contribution < -0.4 is 10.2 Å². The fraction of sp³-hybridized carbons (Fsp3) is 0.250. The summed E-state index contributed by atoms with van der Waals surface area (Å²) in [5.74, 6) is -0.216. The Kier molecular flexibility index (Phi) is 4.53. The van der Waals surface area contributed by atoms with Crippen LogP contribution in [0.2, 0.25) is 0 Å². The molecule has 0 unspecified atom stereocenters. The first-order valence-corrected chi connectivity index (χ1v) is 9.20. The summed E-state index contributed by atoms with van der Waals surface area (Å²) >= 11 is 0. The molecule has 28 heavy (non-hydrogen) atoms. The third kappa shape index (κ3) is 2.90. The third-order valence-electron chi connectivity index (χ3n) is 5.43. The first-order valence-electron chi connectivity index (χ1n) is 9.20. The van der Waals surface area contributed by atoms with E-state index in [-0.39, 0.29) is 29.4 Å². The number of para-hydroxylation sites is 1. The maximum absolute atomic E-state index is 12.2. The van der Waals surface area contributed by atoms with Crippen LogP contribution in [0.15, 0.2) is 54.6 Å². The van der Waals surface area contributed by atoms with Crippen LogP contribution in [-0.2, 0) is 18.9 Å². The molecule has 7 nitrogen and oxygen atoms in total. The van der Waals surface area contributed by atoms with Gasteiger partial charge in [0.15, 0.2) is 0 Å². The Bertz CT molecular complexity index is 937. The summed E-state index contributed by atoms with van der Waals surface area (Å²) in [5.41, 5.74) is 1.17. The predicted octanol–water partition coefficient (Wildman–Crippen LogP) is 1.10. The number of fused-ring (bicyclic) bond motifs is 1. The van der Waals surface area contributed by atoms with Crippen molar-refractivity contribution >= 4 is 24.1 Å². The minimum absolute atomic E-state index is 0.0927. The predicted molar refractivity (Wildman–Crippen MR) is 100 cm³/mol. The van der Waals surface area contributed by atoms with E-state index in [1.54, 1.807) is 24.3 Å². The molecule has 2 aromatic carbocycles. The van der Waals surface area contributed by atoms with E-state index in [0.29, 0.717) is 36.3 Å². The summed E-state index contributed by atoms with van der Waals surface area (Å²) in [4.78, 5) is 24.4. The number of carbonyl (C=O) groups is 2. The van der Waals surface area contributed by atoms with E-state index >= 15 is 0 Å². The molecule has 0 bridgehead atoms. The van der Waals surface area contributed by atoms with Gasteiger partial charge >= 0.3 is 18.6 Å². The van der Waals surface area contributed by atoms with E-state index < -0.39 is 6.69 Å². The van der Waals surface area contributed by atoms with Crippen LogP contribution in [0.25, 0.3) is 0 Å². The summed E-state index contributed by atoms with van der Waals surface area (Å²) in [7, 11) is 0. The summed E-state index contributed by atoms with van der Waals surface area (Å²) in [5, 5.41) is 9.15. The second-order valence-electron chi connectivity index (χ2n) is 7.13. The van der Waals surface area contributed by atoms with Gasteiger partial charge in [0.05, 0.1) is 12.2 Å². The number of hydrogen-bond acceptors (Lipinski definition) is 6. The molecular formula is C20H19BN2O5. The molecule has 0 radical (unpaired) electrons. The molecule has 0 aliphatic carbocycles. The minimum atomic E-state index is -2.26. The van der Waals surface area contributed by atoms with Gasteiger partial charge in [-0.25, -0.2) is 0 Å². The number of hydrogen-bond donors (Lipinski definition) is 0. The first kappa shape index (κ1) is 18.1. The van der Waals surface area contributed by atoms with Crippen molar-refractivity contribution in [3.8, 4) is 11.8 Å². The largest absolute Gasteiger partial charge is 0.614 e. The Labute approximate surface area is 162 Å². The molecule has 0 atom stereocenters. The monoisotopic (exact) mass is 378 g/mol. The fourth-order valence-corrected chi connectivity index (χ4v) is 4.21. The van der Waals surface area contributed by atoms with Gasteiger partial charge in [-0.15, -0.1) is 0 Å². The van der Waals surface area contributed by atoms with Gasteiger partial charge in [0.2, 0.25) is 0 Å². The molecule has 8 heteroatoms. The van der Waals surface area contributed by atoms with Crippen LogP contribution in [-0.4, -0.2) is 49.3 Å². The molecule has 0 amide bonds.